The predicted molar refractivity (Wildman–Crippen MR) is 69.5 cm³/mol. The van der Waals surface area contributed by atoms with Crippen LogP contribution in [-0.4, -0.2) is 0 Å². The molecule has 0 aliphatic heterocycles. The van der Waals surface area contributed by atoms with E-state index in [0.717, 1.165) is 12.0 Å². The number of rotatable bonds is 4. The normalized spacial score (nSPS) is 12.7. The first kappa shape index (κ1) is 13.5. The van der Waals surface area contributed by atoms with Crippen molar-refractivity contribution in [1.82, 2.24) is 0 Å². The molecule has 0 nitrogen and oxygen atoms in total. The number of allylic oxidation sites excluding steroid dienone is 8. The molecular weight excluding hydrogens is 180 g/mol. The van der Waals surface area contributed by atoms with Gasteiger partial charge < -0.3 is 0 Å². The Bertz CT molecular complexity index is 337. The molecule has 0 saturated carbocycles. The molecule has 0 aliphatic carbocycles. The van der Waals surface area contributed by atoms with Gasteiger partial charge in [-0.25, -0.2) is 0 Å². The second-order valence-corrected chi connectivity index (χ2v) is 3.82. The molecule has 0 fully saturated rings. The molecule has 0 heteroatoms. The second kappa shape index (κ2) is 7.88. The summed E-state index contributed by atoms with van der Waals surface area (Å²) in [5.74, 6) is 2.58. The molecular formula is C15H20. The summed E-state index contributed by atoms with van der Waals surface area (Å²) in [4.78, 5) is 0. The molecule has 80 valence electrons. The maximum absolute atomic E-state index is 5.23. The van der Waals surface area contributed by atoms with E-state index in [-0.39, 0.29) is 0 Å². The van der Waals surface area contributed by atoms with Crippen molar-refractivity contribution in [1.29, 1.82) is 0 Å². The average molecular weight is 200 g/mol. The molecule has 0 rings (SSSR count). The van der Waals surface area contributed by atoms with Crippen LogP contribution < -0.4 is 0 Å². The van der Waals surface area contributed by atoms with Gasteiger partial charge >= 0.3 is 0 Å². The molecule has 0 bridgehead atoms. The van der Waals surface area contributed by atoms with Crippen LogP contribution in [0.4, 0.5) is 0 Å². The summed E-state index contributed by atoms with van der Waals surface area (Å²) in [7, 11) is 0. The highest BCUT2D eigenvalue weighted by Crippen LogP contribution is 2.01. The van der Waals surface area contributed by atoms with E-state index in [1.165, 1.54) is 11.1 Å². The molecule has 0 atom stereocenters. The number of hydrogen-bond acceptors (Lipinski definition) is 0. The van der Waals surface area contributed by atoms with Crippen molar-refractivity contribution in [2.24, 2.45) is 0 Å². The number of hydrogen-bond donors (Lipinski definition) is 0. The minimum Gasteiger partial charge on any atom is -0.115 e. The third-order valence-corrected chi connectivity index (χ3v) is 1.90. The quantitative estimate of drug-likeness (QED) is 0.358. The van der Waals surface area contributed by atoms with Gasteiger partial charge in [0.15, 0.2) is 0 Å². The van der Waals surface area contributed by atoms with Gasteiger partial charge in [0.05, 0.1) is 0 Å². The summed E-state index contributed by atoms with van der Waals surface area (Å²) in [6, 6.07) is 0. The van der Waals surface area contributed by atoms with Crippen LogP contribution in [0.3, 0.4) is 0 Å². The molecule has 15 heavy (non-hydrogen) atoms. The summed E-state index contributed by atoms with van der Waals surface area (Å²) >= 11 is 0. The zero-order valence-corrected chi connectivity index (χ0v) is 10.2. The van der Waals surface area contributed by atoms with E-state index < -0.39 is 0 Å². The average Bonchev–Trinajstić information content (AvgIpc) is 2.17. The van der Waals surface area contributed by atoms with Gasteiger partial charge in [-0.15, -0.1) is 6.42 Å². The zero-order chi connectivity index (χ0) is 11.7. The summed E-state index contributed by atoms with van der Waals surface area (Å²) in [5.41, 5.74) is 3.56. The Kier molecular flexibility index (Phi) is 7.10. The van der Waals surface area contributed by atoms with E-state index in [1.807, 2.05) is 19.1 Å². The Morgan fingerprint density at radius 3 is 2.33 bits per heavy atom. The molecule has 0 aromatic heterocycles. The summed E-state index contributed by atoms with van der Waals surface area (Å²) < 4.78 is 0. The summed E-state index contributed by atoms with van der Waals surface area (Å²) in [5, 5.41) is 0. The van der Waals surface area contributed by atoms with Crippen LogP contribution in [-0.2, 0) is 0 Å². The van der Waals surface area contributed by atoms with Crippen LogP contribution in [0.1, 0.15) is 34.1 Å². The van der Waals surface area contributed by atoms with Gasteiger partial charge in [0.2, 0.25) is 0 Å². The van der Waals surface area contributed by atoms with Crippen LogP contribution in [0.15, 0.2) is 47.1 Å². The lowest BCUT2D eigenvalue weighted by Crippen LogP contribution is -1.70. The standard InChI is InChI=1S/C15H20/c1-6-14(4)10-8-12-15(5)11-7-9-13(2)3/h1,8-12H,7H2,2-5H3/b12-8+,14-10+,15-11+. The van der Waals surface area contributed by atoms with Crippen molar-refractivity contribution in [2.75, 3.05) is 0 Å². The minimum atomic E-state index is 0.948. The van der Waals surface area contributed by atoms with Crippen molar-refractivity contribution in [3.05, 3.63) is 47.1 Å². The van der Waals surface area contributed by atoms with Crippen LogP contribution >= 0.6 is 0 Å². The maximum Gasteiger partial charge on any atom is -0.00135 e. The Hall–Kier alpha value is -1.48. The van der Waals surface area contributed by atoms with Crippen LogP contribution in [0.2, 0.25) is 0 Å². The van der Waals surface area contributed by atoms with Crippen molar-refractivity contribution >= 4 is 0 Å². The van der Waals surface area contributed by atoms with Gasteiger partial charge in [0.25, 0.3) is 0 Å². The fraction of sp³-hybridized carbons (Fsp3) is 0.333. The van der Waals surface area contributed by atoms with Gasteiger partial charge in [0.1, 0.15) is 0 Å². The van der Waals surface area contributed by atoms with Gasteiger partial charge in [-0.3, -0.25) is 0 Å². The maximum atomic E-state index is 5.23. The lowest BCUT2D eigenvalue weighted by atomic mass is 10.2. The fourth-order valence-corrected chi connectivity index (χ4v) is 0.941. The predicted octanol–water partition coefficient (Wildman–Crippen LogP) is 4.42. The monoisotopic (exact) mass is 200 g/mol. The Morgan fingerprint density at radius 2 is 1.80 bits per heavy atom. The van der Waals surface area contributed by atoms with Gasteiger partial charge in [-0.1, -0.05) is 47.4 Å². The highest BCUT2D eigenvalue weighted by Gasteiger charge is 1.81. The molecule has 0 N–H and O–H groups in total. The first-order chi connectivity index (χ1) is 7.06. The van der Waals surface area contributed by atoms with E-state index >= 15 is 0 Å². The molecule has 0 aromatic rings. The van der Waals surface area contributed by atoms with Crippen molar-refractivity contribution < 1.29 is 0 Å². The SMILES string of the molecule is C#C/C(C)=C/C=C/C(C)=C/CC=C(C)C. The summed E-state index contributed by atoms with van der Waals surface area (Å²) in [6.45, 7) is 8.23. The molecule has 0 radical (unpaired) electrons. The Morgan fingerprint density at radius 1 is 1.13 bits per heavy atom. The first-order valence-electron chi connectivity index (χ1n) is 5.18. The van der Waals surface area contributed by atoms with Crippen LogP contribution in [0, 0.1) is 12.3 Å². The molecule has 0 spiro atoms. The smallest absolute Gasteiger partial charge is 0.00135 e. The second-order valence-electron chi connectivity index (χ2n) is 3.82. The van der Waals surface area contributed by atoms with Gasteiger partial charge in [-0.05, 0) is 39.7 Å². The highest BCUT2D eigenvalue weighted by molar-refractivity contribution is 5.29. The van der Waals surface area contributed by atoms with Gasteiger partial charge in [-0.2, -0.15) is 0 Å². The molecule has 0 aromatic carbocycles. The minimum absolute atomic E-state index is 0.948. The fourth-order valence-electron chi connectivity index (χ4n) is 0.941. The topological polar surface area (TPSA) is 0 Å². The largest absolute Gasteiger partial charge is 0.115 e. The van der Waals surface area contributed by atoms with E-state index in [0.29, 0.717) is 0 Å². The van der Waals surface area contributed by atoms with Crippen LogP contribution in [0.25, 0.3) is 0 Å². The molecule has 0 saturated heterocycles. The van der Waals surface area contributed by atoms with Crippen molar-refractivity contribution in [2.45, 2.75) is 34.1 Å². The lowest BCUT2D eigenvalue weighted by molar-refractivity contribution is 1.26. The Labute approximate surface area is 94.1 Å². The van der Waals surface area contributed by atoms with E-state index in [2.05, 4.69) is 44.9 Å². The van der Waals surface area contributed by atoms with E-state index in [4.69, 9.17) is 6.42 Å². The third kappa shape index (κ3) is 8.84. The Balaban J connectivity index is 4.20. The summed E-state index contributed by atoms with van der Waals surface area (Å²) in [6.07, 6.45) is 16.6. The van der Waals surface area contributed by atoms with E-state index in [1.54, 1.807) is 0 Å². The van der Waals surface area contributed by atoms with E-state index in [9.17, 15) is 0 Å². The molecule has 0 heterocycles. The third-order valence-electron chi connectivity index (χ3n) is 1.90. The number of terminal acetylenes is 1. The van der Waals surface area contributed by atoms with Gasteiger partial charge in [0, 0.05) is 0 Å². The molecule has 0 aliphatic rings. The highest BCUT2D eigenvalue weighted by atomic mass is 13.9. The molecule has 0 unspecified atom stereocenters. The van der Waals surface area contributed by atoms with Crippen molar-refractivity contribution in [3.8, 4) is 12.3 Å². The van der Waals surface area contributed by atoms with Crippen LogP contribution in [0.5, 0.6) is 0 Å². The molecule has 0 amide bonds. The van der Waals surface area contributed by atoms with Crippen molar-refractivity contribution in [3.63, 3.8) is 0 Å². The lowest BCUT2D eigenvalue weighted by Gasteiger charge is -1.91. The zero-order valence-electron chi connectivity index (χ0n) is 10.2. The first-order valence-corrected chi connectivity index (χ1v) is 5.18.